The lowest BCUT2D eigenvalue weighted by Crippen LogP contribution is -2.18. The fourth-order valence-electron chi connectivity index (χ4n) is 3.87. The third-order valence-corrected chi connectivity index (χ3v) is 4.76. The summed E-state index contributed by atoms with van der Waals surface area (Å²) in [5.41, 5.74) is 6.87. The van der Waals surface area contributed by atoms with E-state index in [1.165, 1.54) is 57.8 Å². The second-order valence-electron chi connectivity index (χ2n) is 5.95. The van der Waals surface area contributed by atoms with Crippen LogP contribution in [0.2, 0.25) is 0 Å². The minimum atomic E-state index is 0.967. The van der Waals surface area contributed by atoms with Crippen LogP contribution in [-0.2, 0) is 25.7 Å². The van der Waals surface area contributed by atoms with Crippen LogP contribution in [0.3, 0.4) is 0 Å². The molecule has 1 aromatic rings. The fourth-order valence-corrected chi connectivity index (χ4v) is 3.87. The molecule has 1 aromatic carbocycles. The summed E-state index contributed by atoms with van der Waals surface area (Å²) in [4.78, 5) is 0. The van der Waals surface area contributed by atoms with Crippen molar-refractivity contribution in [3.05, 3.63) is 34.4 Å². The Labute approximate surface area is 105 Å². The van der Waals surface area contributed by atoms with Gasteiger partial charge >= 0.3 is 0 Å². The molecule has 0 aromatic heterocycles. The Morgan fingerprint density at radius 2 is 1.76 bits per heavy atom. The average molecular weight is 228 g/mol. The molecule has 0 radical (unpaired) electrons. The van der Waals surface area contributed by atoms with E-state index in [0.717, 1.165) is 5.92 Å². The smallest absolute Gasteiger partial charge is 0.0247 e. The van der Waals surface area contributed by atoms with Gasteiger partial charge in [0.25, 0.3) is 0 Å². The second-order valence-corrected chi connectivity index (χ2v) is 5.95. The molecule has 0 heteroatoms. The number of hydrogen-bond acceptors (Lipinski definition) is 0. The van der Waals surface area contributed by atoms with Crippen LogP contribution in [-0.4, -0.2) is 0 Å². The summed E-state index contributed by atoms with van der Waals surface area (Å²) in [5.74, 6) is 0.967. The van der Waals surface area contributed by atoms with Gasteiger partial charge in [-0.15, -0.1) is 0 Å². The van der Waals surface area contributed by atoms with Crippen molar-refractivity contribution in [2.75, 3.05) is 0 Å². The van der Waals surface area contributed by atoms with E-state index in [1.54, 1.807) is 22.3 Å². The molecule has 3 rings (SSSR count). The number of fused-ring (bicyclic) bond motifs is 3. The second kappa shape index (κ2) is 4.84. The average Bonchev–Trinajstić information content (AvgIpc) is 2.39. The van der Waals surface area contributed by atoms with E-state index in [4.69, 9.17) is 0 Å². The van der Waals surface area contributed by atoms with Crippen LogP contribution in [0, 0.1) is 5.92 Å². The molecular formula is C17H24. The molecule has 92 valence electrons. The highest BCUT2D eigenvalue weighted by molar-refractivity contribution is 5.44. The van der Waals surface area contributed by atoms with Crippen LogP contribution in [0.1, 0.15) is 61.3 Å². The third-order valence-electron chi connectivity index (χ3n) is 4.76. The summed E-state index contributed by atoms with van der Waals surface area (Å²) < 4.78 is 0. The first-order valence-electron chi connectivity index (χ1n) is 7.51. The van der Waals surface area contributed by atoms with Gasteiger partial charge in [0, 0.05) is 0 Å². The summed E-state index contributed by atoms with van der Waals surface area (Å²) in [6.45, 7) is 2.32. The van der Waals surface area contributed by atoms with E-state index in [9.17, 15) is 0 Å². The highest BCUT2D eigenvalue weighted by atomic mass is 14.3. The zero-order chi connectivity index (χ0) is 11.7. The van der Waals surface area contributed by atoms with E-state index in [2.05, 4.69) is 19.1 Å². The fraction of sp³-hybridized carbons (Fsp3) is 0.647. The number of hydrogen-bond donors (Lipinski definition) is 0. The van der Waals surface area contributed by atoms with Gasteiger partial charge in [0.1, 0.15) is 0 Å². The minimum absolute atomic E-state index is 0.967. The van der Waals surface area contributed by atoms with Crippen LogP contribution < -0.4 is 0 Å². The van der Waals surface area contributed by atoms with Gasteiger partial charge in [-0.25, -0.2) is 0 Å². The van der Waals surface area contributed by atoms with Crippen LogP contribution in [0.5, 0.6) is 0 Å². The van der Waals surface area contributed by atoms with E-state index in [1.807, 2.05) is 0 Å². The first-order chi connectivity index (χ1) is 8.38. The molecule has 1 atom stereocenters. The highest BCUT2D eigenvalue weighted by Gasteiger charge is 2.22. The van der Waals surface area contributed by atoms with Gasteiger partial charge in [-0.1, -0.05) is 31.9 Å². The quantitative estimate of drug-likeness (QED) is 0.700. The molecule has 2 aliphatic rings. The maximum Gasteiger partial charge on any atom is -0.0247 e. The van der Waals surface area contributed by atoms with Crippen molar-refractivity contribution in [1.29, 1.82) is 0 Å². The summed E-state index contributed by atoms with van der Waals surface area (Å²) in [6.07, 6.45) is 12.5. The molecule has 0 aliphatic heterocycles. The lowest BCUT2D eigenvalue weighted by Gasteiger charge is -2.29. The summed E-state index contributed by atoms with van der Waals surface area (Å²) in [7, 11) is 0. The summed E-state index contributed by atoms with van der Waals surface area (Å²) in [6, 6.07) is 4.88. The predicted molar refractivity (Wildman–Crippen MR) is 73.5 cm³/mol. The van der Waals surface area contributed by atoms with E-state index < -0.39 is 0 Å². The zero-order valence-electron chi connectivity index (χ0n) is 11.1. The molecule has 0 fully saturated rings. The van der Waals surface area contributed by atoms with Gasteiger partial charge in [-0.05, 0) is 73.1 Å². The molecule has 0 saturated carbocycles. The van der Waals surface area contributed by atoms with Crippen molar-refractivity contribution in [2.24, 2.45) is 5.92 Å². The summed E-state index contributed by atoms with van der Waals surface area (Å²) >= 11 is 0. The molecule has 0 nitrogen and oxygen atoms in total. The molecule has 0 bridgehead atoms. The number of benzene rings is 1. The van der Waals surface area contributed by atoms with Crippen LogP contribution in [0.15, 0.2) is 12.1 Å². The lowest BCUT2D eigenvalue weighted by molar-refractivity contribution is 0.420. The Kier molecular flexibility index (Phi) is 3.22. The lowest BCUT2D eigenvalue weighted by atomic mass is 9.76. The Hall–Kier alpha value is -0.780. The number of rotatable bonds is 2. The molecular weight excluding hydrogens is 204 g/mol. The van der Waals surface area contributed by atoms with Crippen LogP contribution in [0.4, 0.5) is 0 Å². The Morgan fingerprint density at radius 3 is 2.65 bits per heavy atom. The normalized spacial score (nSPS) is 23.0. The van der Waals surface area contributed by atoms with Crippen molar-refractivity contribution in [2.45, 2.75) is 64.7 Å². The topological polar surface area (TPSA) is 0 Å². The minimum Gasteiger partial charge on any atom is -0.0654 e. The molecule has 0 saturated heterocycles. The van der Waals surface area contributed by atoms with Gasteiger partial charge in [0.2, 0.25) is 0 Å². The molecule has 0 N–H and O–H groups in total. The molecule has 2 aliphatic carbocycles. The van der Waals surface area contributed by atoms with E-state index in [0.29, 0.717) is 0 Å². The standard InChI is InChI=1S/C17H24/c1-2-5-13-8-11-17-15(12-13)10-9-14-6-3-4-7-16(14)17/h9-10,13H,2-8,11-12H2,1H3. The van der Waals surface area contributed by atoms with E-state index >= 15 is 0 Å². The Balaban J connectivity index is 1.90. The highest BCUT2D eigenvalue weighted by Crippen LogP contribution is 2.34. The molecule has 0 amide bonds. The van der Waals surface area contributed by atoms with Crippen molar-refractivity contribution in [3.8, 4) is 0 Å². The van der Waals surface area contributed by atoms with Crippen molar-refractivity contribution in [1.82, 2.24) is 0 Å². The first-order valence-corrected chi connectivity index (χ1v) is 7.51. The third kappa shape index (κ3) is 2.14. The maximum absolute atomic E-state index is 2.45. The molecule has 1 unspecified atom stereocenters. The van der Waals surface area contributed by atoms with Gasteiger partial charge in [-0.3, -0.25) is 0 Å². The van der Waals surface area contributed by atoms with Gasteiger partial charge in [-0.2, -0.15) is 0 Å². The van der Waals surface area contributed by atoms with Crippen molar-refractivity contribution < 1.29 is 0 Å². The SMILES string of the molecule is CCCC1CCc2c(ccc3c2CCCC3)C1. The van der Waals surface area contributed by atoms with Crippen LogP contribution in [0.25, 0.3) is 0 Å². The molecule has 17 heavy (non-hydrogen) atoms. The van der Waals surface area contributed by atoms with Gasteiger partial charge in [0.15, 0.2) is 0 Å². The molecule has 0 heterocycles. The Morgan fingerprint density at radius 1 is 1.00 bits per heavy atom. The van der Waals surface area contributed by atoms with Gasteiger partial charge in [0.05, 0.1) is 0 Å². The van der Waals surface area contributed by atoms with Gasteiger partial charge < -0.3 is 0 Å². The Bertz CT molecular complexity index is 403. The number of aryl methyl sites for hydroxylation is 1. The summed E-state index contributed by atoms with van der Waals surface area (Å²) in [5, 5.41) is 0. The largest absolute Gasteiger partial charge is 0.0654 e. The maximum atomic E-state index is 2.45. The zero-order valence-corrected chi connectivity index (χ0v) is 11.1. The van der Waals surface area contributed by atoms with Crippen molar-refractivity contribution in [3.63, 3.8) is 0 Å². The van der Waals surface area contributed by atoms with Crippen molar-refractivity contribution >= 4 is 0 Å². The first kappa shape index (κ1) is 11.3. The predicted octanol–water partition coefficient (Wildman–Crippen LogP) is 4.47. The van der Waals surface area contributed by atoms with Crippen LogP contribution >= 0.6 is 0 Å². The monoisotopic (exact) mass is 228 g/mol. The molecule has 0 spiro atoms. The van der Waals surface area contributed by atoms with E-state index in [-0.39, 0.29) is 0 Å².